The standard InChI is InChI=1S/C22H19N7O/c1-14-10-15(5-8-24-14)20-16(12-23)11-18-21(27-20)29(17-6-9-28(18)13-17)22(30)26-19-4-2-3-7-25-19/h2-5,7-8,10-11,17H,6,9,13H2,1H3,(H,25,26,30)/t17-/m0/s1. The number of nitrogens with one attached hydrogen (secondary N) is 1. The van der Waals surface area contributed by atoms with E-state index < -0.39 is 0 Å². The number of carbonyl (C=O) groups is 1. The first kappa shape index (κ1) is 18.1. The third-order valence-corrected chi connectivity index (χ3v) is 5.49. The van der Waals surface area contributed by atoms with Gasteiger partial charge < -0.3 is 4.90 Å². The Morgan fingerprint density at radius 3 is 2.90 bits per heavy atom. The van der Waals surface area contributed by atoms with Gasteiger partial charge in [0, 0.05) is 36.7 Å². The van der Waals surface area contributed by atoms with Crippen LogP contribution in [0.2, 0.25) is 0 Å². The number of amides is 2. The van der Waals surface area contributed by atoms with Crippen LogP contribution in [0.4, 0.5) is 22.1 Å². The van der Waals surface area contributed by atoms with E-state index in [1.54, 1.807) is 29.4 Å². The van der Waals surface area contributed by atoms with Crippen LogP contribution in [0.25, 0.3) is 11.3 Å². The van der Waals surface area contributed by atoms with Gasteiger partial charge in [0.15, 0.2) is 5.82 Å². The van der Waals surface area contributed by atoms with E-state index in [4.69, 9.17) is 4.98 Å². The van der Waals surface area contributed by atoms with Crippen molar-refractivity contribution in [2.75, 3.05) is 28.2 Å². The second-order valence-corrected chi connectivity index (χ2v) is 7.43. The SMILES string of the molecule is Cc1cc(-c2nc3c(cc2C#N)N2CC[C@@H](C2)N3C(=O)Nc2ccccn2)ccn1. The van der Waals surface area contributed by atoms with Gasteiger partial charge in [0.05, 0.1) is 23.0 Å². The lowest BCUT2D eigenvalue weighted by Crippen LogP contribution is -2.48. The molecule has 3 aromatic heterocycles. The number of pyridine rings is 3. The van der Waals surface area contributed by atoms with Gasteiger partial charge >= 0.3 is 6.03 Å². The van der Waals surface area contributed by atoms with Crippen LogP contribution < -0.4 is 15.1 Å². The van der Waals surface area contributed by atoms with Crippen LogP contribution >= 0.6 is 0 Å². The Kier molecular flexibility index (Phi) is 4.29. The van der Waals surface area contributed by atoms with Gasteiger partial charge in [-0.2, -0.15) is 5.26 Å². The highest BCUT2D eigenvalue weighted by Gasteiger charge is 2.41. The average Bonchev–Trinajstić information content (AvgIpc) is 3.18. The van der Waals surface area contributed by atoms with Crippen molar-refractivity contribution in [1.82, 2.24) is 15.0 Å². The van der Waals surface area contributed by atoms with Crippen molar-refractivity contribution in [2.24, 2.45) is 0 Å². The van der Waals surface area contributed by atoms with Crippen molar-refractivity contribution in [3.8, 4) is 17.3 Å². The Hall–Kier alpha value is -3.99. The molecule has 5 rings (SSSR count). The minimum absolute atomic E-state index is 0.0219. The molecule has 1 atom stereocenters. The van der Waals surface area contributed by atoms with Crippen molar-refractivity contribution in [2.45, 2.75) is 19.4 Å². The summed E-state index contributed by atoms with van der Waals surface area (Å²) in [5, 5.41) is 12.6. The third-order valence-electron chi connectivity index (χ3n) is 5.49. The molecule has 0 aromatic carbocycles. The lowest BCUT2D eigenvalue weighted by molar-refractivity contribution is 0.254. The quantitative estimate of drug-likeness (QED) is 0.712. The van der Waals surface area contributed by atoms with Crippen LogP contribution in [0.1, 0.15) is 17.7 Å². The molecule has 1 saturated heterocycles. The number of aryl methyl sites for hydroxylation is 1. The van der Waals surface area contributed by atoms with Gasteiger partial charge in [0.1, 0.15) is 11.9 Å². The maximum atomic E-state index is 13.2. The van der Waals surface area contributed by atoms with Crippen molar-refractivity contribution in [3.05, 3.63) is 60.0 Å². The molecule has 2 aliphatic rings. The van der Waals surface area contributed by atoms with E-state index >= 15 is 0 Å². The summed E-state index contributed by atoms with van der Waals surface area (Å²) >= 11 is 0. The van der Waals surface area contributed by atoms with Crippen LogP contribution in [0.3, 0.4) is 0 Å². The molecule has 0 saturated carbocycles. The lowest BCUT2D eigenvalue weighted by Gasteiger charge is -2.36. The van der Waals surface area contributed by atoms with Gasteiger partial charge in [0.2, 0.25) is 0 Å². The Labute approximate surface area is 173 Å². The predicted octanol–water partition coefficient (Wildman–Crippen LogP) is 3.35. The fourth-order valence-electron chi connectivity index (χ4n) is 4.11. The molecule has 1 fully saturated rings. The van der Waals surface area contributed by atoms with Gasteiger partial charge in [-0.1, -0.05) is 6.07 Å². The Morgan fingerprint density at radius 2 is 2.13 bits per heavy atom. The molecule has 0 unspecified atom stereocenters. The lowest BCUT2D eigenvalue weighted by atomic mass is 10.0. The molecule has 5 heterocycles. The van der Waals surface area contributed by atoms with Crippen LogP contribution in [0, 0.1) is 18.3 Å². The number of rotatable bonds is 2. The zero-order valence-corrected chi connectivity index (χ0v) is 16.4. The van der Waals surface area contributed by atoms with Gasteiger partial charge in [0.25, 0.3) is 0 Å². The maximum absolute atomic E-state index is 13.2. The molecule has 3 aromatic rings. The summed E-state index contributed by atoms with van der Waals surface area (Å²) in [6.07, 6.45) is 4.18. The van der Waals surface area contributed by atoms with Crippen LogP contribution in [0.5, 0.6) is 0 Å². The van der Waals surface area contributed by atoms with E-state index in [1.807, 2.05) is 31.2 Å². The summed E-state index contributed by atoms with van der Waals surface area (Å²) in [5.41, 5.74) is 3.49. The summed E-state index contributed by atoms with van der Waals surface area (Å²) in [6.45, 7) is 3.45. The number of hydrogen-bond donors (Lipinski definition) is 1. The number of nitrogens with zero attached hydrogens (tertiary/aromatic N) is 6. The monoisotopic (exact) mass is 397 g/mol. The zero-order chi connectivity index (χ0) is 20.7. The highest BCUT2D eigenvalue weighted by Crippen LogP contribution is 2.41. The van der Waals surface area contributed by atoms with Crippen molar-refractivity contribution in [3.63, 3.8) is 0 Å². The van der Waals surface area contributed by atoms with Gasteiger partial charge in [-0.15, -0.1) is 0 Å². The van der Waals surface area contributed by atoms with E-state index in [1.165, 1.54) is 0 Å². The van der Waals surface area contributed by atoms with E-state index in [9.17, 15) is 10.1 Å². The fourth-order valence-corrected chi connectivity index (χ4v) is 4.11. The first-order valence-electron chi connectivity index (χ1n) is 9.78. The van der Waals surface area contributed by atoms with Crippen molar-refractivity contribution >= 4 is 23.4 Å². The number of aromatic nitrogens is 3. The number of nitriles is 1. The Morgan fingerprint density at radius 1 is 1.23 bits per heavy atom. The number of carbonyl (C=O) groups excluding carboxylic acids is 1. The molecule has 30 heavy (non-hydrogen) atoms. The molecule has 0 radical (unpaired) electrons. The second-order valence-electron chi connectivity index (χ2n) is 7.43. The zero-order valence-electron chi connectivity index (χ0n) is 16.4. The highest BCUT2D eigenvalue weighted by atomic mass is 16.2. The fraction of sp³-hybridized carbons (Fsp3) is 0.227. The molecule has 2 bridgehead atoms. The average molecular weight is 397 g/mol. The van der Waals surface area contributed by atoms with Crippen molar-refractivity contribution in [1.29, 1.82) is 5.26 Å². The molecular weight excluding hydrogens is 378 g/mol. The van der Waals surface area contributed by atoms with Crippen LogP contribution in [0.15, 0.2) is 48.8 Å². The summed E-state index contributed by atoms with van der Waals surface area (Å²) in [7, 11) is 0. The molecule has 0 spiro atoms. The highest BCUT2D eigenvalue weighted by molar-refractivity contribution is 6.04. The van der Waals surface area contributed by atoms with Crippen LogP contribution in [-0.2, 0) is 0 Å². The smallest absolute Gasteiger partial charge is 0.329 e. The number of anilines is 3. The van der Waals surface area contributed by atoms with Gasteiger partial charge in [-0.3, -0.25) is 15.2 Å². The molecule has 2 aliphatic heterocycles. The van der Waals surface area contributed by atoms with E-state index in [2.05, 4.69) is 26.3 Å². The number of urea groups is 1. The van der Waals surface area contributed by atoms with Gasteiger partial charge in [-0.25, -0.2) is 14.8 Å². The summed E-state index contributed by atoms with van der Waals surface area (Å²) in [4.78, 5) is 30.4. The minimum atomic E-state index is -0.268. The molecular formula is C22H19N7O. The molecule has 8 nitrogen and oxygen atoms in total. The molecule has 1 N–H and O–H groups in total. The van der Waals surface area contributed by atoms with Crippen molar-refractivity contribution < 1.29 is 4.79 Å². The minimum Gasteiger partial charge on any atom is -0.366 e. The first-order valence-corrected chi connectivity index (χ1v) is 9.78. The molecule has 8 heteroatoms. The second kappa shape index (κ2) is 7.12. The number of fused-ring (bicyclic) bond motifs is 4. The van der Waals surface area contributed by atoms with Gasteiger partial charge in [-0.05, 0) is 43.7 Å². The van der Waals surface area contributed by atoms with E-state index in [-0.39, 0.29) is 12.1 Å². The van der Waals surface area contributed by atoms with E-state index in [0.29, 0.717) is 22.9 Å². The third kappa shape index (κ3) is 3.01. The largest absolute Gasteiger partial charge is 0.366 e. The normalized spacial score (nSPS) is 16.7. The summed E-state index contributed by atoms with van der Waals surface area (Å²) in [5.74, 6) is 1.06. The predicted molar refractivity (Wildman–Crippen MR) is 113 cm³/mol. The first-order chi connectivity index (χ1) is 14.6. The Bertz CT molecular complexity index is 1170. The summed E-state index contributed by atoms with van der Waals surface area (Å²) in [6, 6.07) is 13.0. The maximum Gasteiger partial charge on any atom is 0.329 e. The van der Waals surface area contributed by atoms with Crippen LogP contribution in [-0.4, -0.2) is 40.1 Å². The number of hydrogen-bond acceptors (Lipinski definition) is 6. The molecule has 0 aliphatic carbocycles. The molecule has 2 amide bonds. The topological polar surface area (TPSA) is 98.0 Å². The molecule has 148 valence electrons. The van der Waals surface area contributed by atoms with E-state index in [0.717, 1.165) is 36.5 Å². The summed E-state index contributed by atoms with van der Waals surface area (Å²) < 4.78 is 0. The Balaban J connectivity index is 1.61.